The van der Waals surface area contributed by atoms with Crippen molar-refractivity contribution in [3.05, 3.63) is 68.1 Å². The van der Waals surface area contributed by atoms with Crippen LogP contribution in [0.15, 0.2) is 39.9 Å². The van der Waals surface area contributed by atoms with Gasteiger partial charge in [0.2, 0.25) is 5.78 Å². The predicted octanol–water partition coefficient (Wildman–Crippen LogP) is 3.03. The molecule has 0 aliphatic carbocycles. The van der Waals surface area contributed by atoms with Gasteiger partial charge in [0.15, 0.2) is 11.2 Å². The lowest BCUT2D eigenvalue weighted by atomic mass is 10.1. The first-order valence-electron chi connectivity index (χ1n) is 9.98. The maximum Gasteiger partial charge on any atom is 0.332 e. The largest absolute Gasteiger partial charge is 0.332 e. The minimum Gasteiger partial charge on any atom is -0.307 e. The van der Waals surface area contributed by atoms with Gasteiger partial charge in [-0.25, -0.2) is 4.79 Å². The number of hydrogen-bond donors (Lipinski definition) is 0. The molecule has 0 saturated heterocycles. The van der Waals surface area contributed by atoms with Gasteiger partial charge in [-0.1, -0.05) is 44.2 Å². The van der Waals surface area contributed by atoms with Gasteiger partial charge in [0.05, 0.1) is 6.04 Å². The van der Waals surface area contributed by atoms with Gasteiger partial charge in [0, 0.05) is 25.0 Å². The highest BCUT2D eigenvalue weighted by Gasteiger charge is 2.25. The molecule has 0 aliphatic heterocycles. The van der Waals surface area contributed by atoms with Gasteiger partial charge in [-0.15, -0.1) is 0 Å². The number of rotatable bonds is 4. The Morgan fingerprint density at radius 1 is 1.00 bits per heavy atom. The van der Waals surface area contributed by atoms with E-state index in [0.29, 0.717) is 23.5 Å². The van der Waals surface area contributed by atoms with Crippen molar-refractivity contribution in [1.82, 2.24) is 23.1 Å². The fourth-order valence-corrected chi connectivity index (χ4v) is 4.15. The molecule has 7 heteroatoms. The van der Waals surface area contributed by atoms with Crippen LogP contribution in [-0.2, 0) is 13.6 Å². The van der Waals surface area contributed by atoms with Crippen molar-refractivity contribution in [3.8, 4) is 0 Å². The zero-order valence-electron chi connectivity index (χ0n) is 17.8. The van der Waals surface area contributed by atoms with E-state index in [4.69, 9.17) is 4.98 Å². The molecule has 0 aliphatic rings. The second-order valence-corrected chi connectivity index (χ2v) is 8.20. The van der Waals surface area contributed by atoms with Crippen molar-refractivity contribution < 1.29 is 0 Å². The Kier molecular flexibility index (Phi) is 4.48. The van der Waals surface area contributed by atoms with Gasteiger partial charge >= 0.3 is 5.69 Å². The molecule has 0 amide bonds. The van der Waals surface area contributed by atoms with Crippen molar-refractivity contribution in [3.63, 3.8) is 0 Å². The quantitative estimate of drug-likeness (QED) is 0.535. The molecule has 29 heavy (non-hydrogen) atoms. The van der Waals surface area contributed by atoms with E-state index < -0.39 is 0 Å². The number of nitrogens with zero attached hydrogens (tertiary/aromatic N) is 5. The molecule has 0 fully saturated rings. The van der Waals surface area contributed by atoms with Gasteiger partial charge in [-0.3, -0.25) is 18.3 Å². The number of imidazole rings is 2. The molecule has 7 nitrogen and oxygen atoms in total. The zero-order chi connectivity index (χ0) is 21.0. The Bertz CT molecular complexity index is 1340. The highest BCUT2D eigenvalue weighted by Crippen LogP contribution is 2.27. The van der Waals surface area contributed by atoms with Gasteiger partial charge in [-0.05, 0) is 32.3 Å². The van der Waals surface area contributed by atoms with Gasteiger partial charge in [-0.2, -0.15) is 4.98 Å². The summed E-state index contributed by atoms with van der Waals surface area (Å²) in [6.45, 7) is 10.5. The molecule has 0 saturated carbocycles. The Morgan fingerprint density at radius 2 is 1.66 bits per heavy atom. The second kappa shape index (κ2) is 6.76. The molecule has 1 aromatic carbocycles. The first-order chi connectivity index (χ1) is 13.7. The lowest BCUT2D eigenvalue weighted by Crippen LogP contribution is -2.40. The third-order valence-corrected chi connectivity index (χ3v) is 5.78. The van der Waals surface area contributed by atoms with Gasteiger partial charge in [0.25, 0.3) is 5.56 Å². The predicted molar refractivity (Wildman–Crippen MR) is 115 cm³/mol. The molecular weight excluding hydrogens is 366 g/mol. The van der Waals surface area contributed by atoms with Crippen LogP contribution in [0.2, 0.25) is 0 Å². The van der Waals surface area contributed by atoms with Crippen LogP contribution in [0.1, 0.15) is 43.8 Å². The molecule has 0 radical (unpaired) electrons. The molecule has 1 atom stereocenters. The van der Waals surface area contributed by atoms with E-state index in [-0.39, 0.29) is 23.2 Å². The monoisotopic (exact) mass is 393 g/mol. The summed E-state index contributed by atoms with van der Waals surface area (Å²) in [5.74, 6) is 0.868. The van der Waals surface area contributed by atoms with Crippen LogP contribution in [0.5, 0.6) is 0 Å². The first-order valence-corrected chi connectivity index (χ1v) is 9.98. The van der Waals surface area contributed by atoms with E-state index in [2.05, 4.69) is 23.6 Å². The molecule has 3 aromatic heterocycles. The second-order valence-electron chi connectivity index (χ2n) is 8.20. The Hall–Kier alpha value is -3.09. The van der Waals surface area contributed by atoms with Crippen molar-refractivity contribution in [2.24, 2.45) is 13.0 Å². The van der Waals surface area contributed by atoms with E-state index in [1.807, 2.05) is 50.3 Å². The molecule has 0 spiro atoms. The van der Waals surface area contributed by atoms with Crippen LogP contribution in [0.3, 0.4) is 0 Å². The summed E-state index contributed by atoms with van der Waals surface area (Å²) in [5.41, 5.74) is 3.44. The van der Waals surface area contributed by atoms with E-state index >= 15 is 0 Å². The number of aromatic nitrogens is 5. The number of fused-ring (bicyclic) bond motifs is 3. The summed E-state index contributed by atoms with van der Waals surface area (Å²) < 4.78 is 6.86. The molecule has 0 N–H and O–H groups in total. The average molecular weight is 393 g/mol. The third kappa shape index (κ3) is 2.75. The summed E-state index contributed by atoms with van der Waals surface area (Å²) in [5, 5.41) is 0. The molecule has 0 bridgehead atoms. The summed E-state index contributed by atoms with van der Waals surface area (Å²) in [7, 11) is 1.68. The minimum atomic E-state index is -0.325. The summed E-state index contributed by atoms with van der Waals surface area (Å²) in [6, 6.07) is 10.2. The summed E-state index contributed by atoms with van der Waals surface area (Å²) >= 11 is 0. The lowest BCUT2D eigenvalue weighted by molar-refractivity contribution is 0.484. The molecule has 152 valence electrons. The summed E-state index contributed by atoms with van der Waals surface area (Å²) in [6.07, 6.45) is 0. The minimum absolute atomic E-state index is 0.0409. The number of benzene rings is 1. The maximum absolute atomic E-state index is 13.3. The van der Waals surface area contributed by atoms with Crippen LogP contribution in [-0.4, -0.2) is 23.1 Å². The van der Waals surface area contributed by atoms with Crippen molar-refractivity contribution in [1.29, 1.82) is 0 Å². The Morgan fingerprint density at radius 3 is 2.28 bits per heavy atom. The standard InChI is InChI=1S/C22H27N5O2/c1-13(2)12-25-20(28)18-19(24(6)22(25)29)23-21-26(14(3)15(4)27(18)21)16(5)17-10-8-7-9-11-17/h7-11,13,16H,12H2,1-6H3. The van der Waals surface area contributed by atoms with E-state index in [1.165, 1.54) is 9.13 Å². The highest BCUT2D eigenvalue weighted by atomic mass is 16.2. The highest BCUT2D eigenvalue weighted by molar-refractivity contribution is 5.76. The molecule has 4 aromatic rings. The molecule has 3 heterocycles. The van der Waals surface area contributed by atoms with Gasteiger partial charge in [0.1, 0.15) is 0 Å². The topological polar surface area (TPSA) is 66.2 Å². The van der Waals surface area contributed by atoms with Crippen LogP contribution in [0.25, 0.3) is 16.9 Å². The van der Waals surface area contributed by atoms with Crippen LogP contribution >= 0.6 is 0 Å². The van der Waals surface area contributed by atoms with E-state index in [1.54, 1.807) is 7.05 Å². The first kappa shape index (κ1) is 19.2. The summed E-state index contributed by atoms with van der Waals surface area (Å²) in [4.78, 5) is 30.9. The Labute approximate surface area is 168 Å². The van der Waals surface area contributed by atoms with Crippen LogP contribution in [0, 0.1) is 19.8 Å². The van der Waals surface area contributed by atoms with Crippen LogP contribution in [0.4, 0.5) is 0 Å². The normalized spacial score (nSPS) is 13.1. The van der Waals surface area contributed by atoms with E-state index in [0.717, 1.165) is 17.0 Å². The number of aryl methyl sites for hydroxylation is 2. The smallest absolute Gasteiger partial charge is 0.307 e. The average Bonchev–Trinajstić information content (AvgIpc) is 3.19. The molecule has 1 unspecified atom stereocenters. The zero-order valence-corrected chi connectivity index (χ0v) is 17.8. The van der Waals surface area contributed by atoms with Crippen molar-refractivity contribution >= 4 is 16.9 Å². The lowest BCUT2D eigenvalue weighted by Gasteiger charge is -2.16. The molecule has 4 rings (SSSR count). The van der Waals surface area contributed by atoms with Crippen molar-refractivity contribution in [2.45, 2.75) is 47.2 Å². The fourth-order valence-electron chi connectivity index (χ4n) is 4.15. The Balaban J connectivity index is 2.10. The SMILES string of the molecule is Cc1c(C)n2c3c(=O)n(CC(C)C)c(=O)n(C)c3nc2n1C(C)c1ccccc1. The van der Waals surface area contributed by atoms with Gasteiger partial charge < -0.3 is 4.57 Å². The van der Waals surface area contributed by atoms with Crippen LogP contribution < -0.4 is 11.2 Å². The van der Waals surface area contributed by atoms with E-state index in [9.17, 15) is 9.59 Å². The van der Waals surface area contributed by atoms with Crippen molar-refractivity contribution in [2.75, 3.05) is 0 Å². The third-order valence-electron chi connectivity index (χ3n) is 5.78. The number of hydrogen-bond acceptors (Lipinski definition) is 3. The fraction of sp³-hybridized carbons (Fsp3) is 0.409. The molecular formula is C22H27N5O2. The maximum atomic E-state index is 13.3.